The molecule has 36 heavy (non-hydrogen) atoms. The predicted molar refractivity (Wildman–Crippen MR) is 143 cm³/mol. The zero-order valence-electron chi connectivity index (χ0n) is 20.4. The summed E-state index contributed by atoms with van der Waals surface area (Å²) in [5.41, 5.74) is 6.36. The van der Waals surface area contributed by atoms with Crippen LogP contribution in [0, 0.1) is 13.8 Å². The monoisotopic (exact) mass is 474 g/mol. The summed E-state index contributed by atoms with van der Waals surface area (Å²) < 4.78 is 1.37. The molecule has 5 aromatic rings. The summed E-state index contributed by atoms with van der Waals surface area (Å²) in [6.07, 6.45) is 0.926. The van der Waals surface area contributed by atoms with E-state index in [2.05, 4.69) is 18.9 Å². The molecule has 4 aromatic carbocycles. The normalized spacial score (nSPS) is 11.1. The first-order chi connectivity index (χ1) is 17.4. The fourth-order valence-electron chi connectivity index (χ4n) is 4.61. The summed E-state index contributed by atoms with van der Waals surface area (Å²) in [5, 5.41) is 15.7. The fraction of sp³-hybridized carbons (Fsp3) is 0.129. The molecule has 0 aliphatic carbocycles. The highest BCUT2D eigenvalue weighted by Gasteiger charge is 2.16. The molecule has 1 N–H and O–H groups in total. The minimum atomic E-state index is -0.242. The van der Waals surface area contributed by atoms with Crippen LogP contribution in [0.1, 0.15) is 39.5 Å². The average molecular weight is 475 g/mol. The van der Waals surface area contributed by atoms with Crippen molar-refractivity contribution < 1.29 is 9.90 Å². The van der Waals surface area contributed by atoms with Crippen LogP contribution in [0.2, 0.25) is 0 Å². The van der Waals surface area contributed by atoms with Crippen molar-refractivity contribution in [3.05, 3.63) is 123 Å². The molecular weight excluding hydrogens is 448 g/mol. The van der Waals surface area contributed by atoms with Crippen LogP contribution in [-0.4, -0.2) is 20.7 Å². The lowest BCUT2D eigenvalue weighted by Gasteiger charge is -2.13. The summed E-state index contributed by atoms with van der Waals surface area (Å²) in [6, 6.07) is 25.0. The van der Waals surface area contributed by atoms with Crippen LogP contribution in [0.3, 0.4) is 0 Å². The Morgan fingerprint density at radius 3 is 2.17 bits per heavy atom. The number of nitrogens with zero attached hydrogens (tertiary/aromatic N) is 2. The Hall–Kier alpha value is -4.51. The van der Waals surface area contributed by atoms with Crippen molar-refractivity contribution in [3.8, 4) is 22.7 Å². The molecule has 0 spiro atoms. The molecule has 178 valence electrons. The van der Waals surface area contributed by atoms with E-state index in [0.29, 0.717) is 27.9 Å². The first kappa shape index (κ1) is 23.2. The number of ketones is 1. The van der Waals surface area contributed by atoms with Gasteiger partial charge in [0, 0.05) is 22.1 Å². The van der Waals surface area contributed by atoms with Crippen LogP contribution in [0.25, 0.3) is 27.7 Å². The van der Waals surface area contributed by atoms with Crippen molar-refractivity contribution in [2.45, 2.75) is 27.2 Å². The number of fused-ring (bicyclic) bond motifs is 1. The molecule has 0 atom stereocenters. The Morgan fingerprint density at radius 2 is 1.50 bits per heavy atom. The Balaban J connectivity index is 1.58. The van der Waals surface area contributed by atoms with Crippen molar-refractivity contribution in [2.24, 2.45) is 0 Å². The molecule has 1 heterocycles. The van der Waals surface area contributed by atoms with Crippen molar-refractivity contribution in [1.29, 1.82) is 0 Å². The SMILES string of the molecule is CCc1ccc(C(=O)c2ccc(-n3nc(-c4ccc(O)cc4)c4ccccc4c3=O)cc2)c(C)c1C. The van der Waals surface area contributed by atoms with E-state index >= 15 is 0 Å². The van der Waals surface area contributed by atoms with Gasteiger partial charge >= 0.3 is 0 Å². The molecule has 0 unspecified atom stereocenters. The second-order valence-electron chi connectivity index (χ2n) is 8.91. The second-order valence-corrected chi connectivity index (χ2v) is 8.91. The van der Waals surface area contributed by atoms with Crippen LogP contribution < -0.4 is 5.56 Å². The lowest BCUT2D eigenvalue weighted by Crippen LogP contribution is -2.22. The van der Waals surface area contributed by atoms with Gasteiger partial charge in [0.2, 0.25) is 0 Å². The smallest absolute Gasteiger partial charge is 0.279 e. The predicted octanol–water partition coefficient (Wildman–Crippen LogP) is 6.17. The van der Waals surface area contributed by atoms with Crippen molar-refractivity contribution >= 4 is 16.6 Å². The molecule has 0 aliphatic heterocycles. The topological polar surface area (TPSA) is 72.2 Å². The van der Waals surface area contributed by atoms with E-state index in [9.17, 15) is 14.7 Å². The van der Waals surface area contributed by atoms with E-state index in [-0.39, 0.29) is 17.1 Å². The van der Waals surface area contributed by atoms with Gasteiger partial charge in [-0.3, -0.25) is 9.59 Å². The van der Waals surface area contributed by atoms with Crippen LogP contribution in [-0.2, 0) is 6.42 Å². The summed E-state index contributed by atoms with van der Waals surface area (Å²) in [6.45, 7) is 6.15. The highest BCUT2D eigenvalue weighted by atomic mass is 16.3. The number of aryl methyl sites for hydroxylation is 1. The number of phenolic OH excluding ortho intramolecular Hbond substituents is 1. The van der Waals surface area contributed by atoms with Crippen LogP contribution in [0.4, 0.5) is 0 Å². The molecule has 0 aliphatic rings. The first-order valence-electron chi connectivity index (χ1n) is 11.9. The molecular formula is C31H26N2O3. The van der Waals surface area contributed by atoms with Crippen molar-refractivity contribution in [1.82, 2.24) is 9.78 Å². The molecule has 0 fully saturated rings. The molecule has 0 saturated heterocycles. The van der Waals surface area contributed by atoms with Gasteiger partial charge in [-0.15, -0.1) is 0 Å². The van der Waals surface area contributed by atoms with Gasteiger partial charge in [-0.05, 0) is 91.6 Å². The van der Waals surface area contributed by atoms with E-state index in [1.165, 1.54) is 10.2 Å². The third-order valence-corrected chi connectivity index (χ3v) is 6.84. The summed E-state index contributed by atoms with van der Waals surface area (Å²) in [5.74, 6) is 0.111. The molecule has 0 radical (unpaired) electrons. The lowest BCUT2D eigenvalue weighted by molar-refractivity contribution is 0.103. The number of carbonyl (C=O) groups is 1. The minimum absolute atomic E-state index is 0.0478. The standard InChI is InChI=1S/C31H26N2O3/c1-4-21-13-18-26(20(3)19(21)2)30(35)23-9-14-24(15-10-23)33-31(36)28-8-6-5-7-27(28)29(32-33)22-11-16-25(34)17-12-22/h5-18,34H,4H2,1-3H3. The number of carbonyl (C=O) groups excluding carboxylic acids is 1. The van der Waals surface area contributed by atoms with Crippen LogP contribution in [0.5, 0.6) is 5.75 Å². The van der Waals surface area contributed by atoms with E-state index < -0.39 is 0 Å². The van der Waals surface area contributed by atoms with Gasteiger partial charge < -0.3 is 5.11 Å². The van der Waals surface area contributed by atoms with Crippen LogP contribution >= 0.6 is 0 Å². The fourth-order valence-corrected chi connectivity index (χ4v) is 4.61. The summed E-state index contributed by atoms with van der Waals surface area (Å²) in [4.78, 5) is 26.6. The van der Waals surface area contributed by atoms with Gasteiger partial charge in [0.1, 0.15) is 5.75 Å². The molecule has 5 heteroatoms. The molecule has 5 rings (SSSR count). The van der Waals surface area contributed by atoms with Gasteiger partial charge in [0.05, 0.1) is 16.8 Å². The molecule has 1 aromatic heterocycles. The maximum atomic E-state index is 13.3. The van der Waals surface area contributed by atoms with Gasteiger partial charge in [-0.2, -0.15) is 9.78 Å². The maximum absolute atomic E-state index is 13.3. The number of aromatic hydroxyl groups is 1. The lowest BCUT2D eigenvalue weighted by atomic mass is 9.92. The molecule has 0 saturated carbocycles. The summed E-state index contributed by atoms with van der Waals surface area (Å²) in [7, 11) is 0. The molecule has 0 amide bonds. The number of rotatable bonds is 5. The highest BCUT2D eigenvalue weighted by Crippen LogP contribution is 2.27. The minimum Gasteiger partial charge on any atom is -0.508 e. The Morgan fingerprint density at radius 1 is 0.833 bits per heavy atom. The highest BCUT2D eigenvalue weighted by molar-refractivity contribution is 6.10. The second kappa shape index (κ2) is 9.27. The molecule has 0 bridgehead atoms. The number of hydrogen-bond donors (Lipinski definition) is 1. The maximum Gasteiger partial charge on any atom is 0.279 e. The third-order valence-electron chi connectivity index (χ3n) is 6.84. The van der Waals surface area contributed by atoms with E-state index in [4.69, 9.17) is 0 Å². The molecule has 5 nitrogen and oxygen atoms in total. The van der Waals surface area contributed by atoms with Crippen molar-refractivity contribution in [3.63, 3.8) is 0 Å². The number of aromatic nitrogens is 2. The van der Waals surface area contributed by atoms with Crippen molar-refractivity contribution in [2.75, 3.05) is 0 Å². The third kappa shape index (κ3) is 3.99. The van der Waals surface area contributed by atoms with Gasteiger partial charge in [0.15, 0.2) is 5.78 Å². The first-order valence-corrected chi connectivity index (χ1v) is 11.9. The Labute approximate surface area is 209 Å². The van der Waals surface area contributed by atoms with E-state index in [1.54, 1.807) is 54.6 Å². The number of benzene rings is 4. The van der Waals surface area contributed by atoms with Gasteiger partial charge in [-0.1, -0.05) is 37.3 Å². The quantitative estimate of drug-likeness (QED) is 0.309. The Bertz CT molecular complexity index is 1660. The summed E-state index contributed by atoms with van der Waals surface area (Å²) >= 11 is 0. The number of phenols is 1. The van der Waals surface area contributed by atoms with Crippen LogP contribution in [0.15, 0.2) is 89.7 Å². The zero-order valence-corrected chi connectivity index (χ0v) is 20.4. The van der Waals surface area contributed by atoms with E-state index in [0.717, 1.165) is 28.5 Å². The average Bonchev–Trinajstić information content (AvgIpc) is 2.91. The zero-order chi connectivity index (χ0) is 25.4. The number of hydrogen-bond acceptors (Lipinski definition) is 4. The largest absolute Gasteiger partial charge is 0.508 e. The van der Waals surface area contributed by atoms with Gasteiger partial charge in [-0.25, -0.2) is 0 Å². The van der Waals surface area contributed by atoms with E-state index in [1.807, 2.05) is 37.3 Å². The van der Waals surface area contributed by atoms with Gasteiger partial charge in [0.25, 0.3) is 5.56 Å². The Kier molecular flexibility index (Phi) is 5.98.